The lowest BCUT2D eigenvalue weighted by Crippen LogP contribution is -2.37. The Labute approximate surface area is 137 Å². The Hall–Kier alpha value is -1.90. The number of nitrogens with zero attached hydrogens (tertiary/aromatic N) is 4. The zero-order valence-electron chi connectivity index (χ0n) is 12.8. The minimum absolute atomic E-state index is 0.0772. The fourth-order valence-electron chi connectivity index (χ4n) is 3.17. The molecular formula is C15H16N4O3S. The van der Waals surface area contributed by atoms with Crippen molar-refractivity contribution in [1.82, 2.24) is 19.8 Å². The number of fused-ring (bicyclic) bond motifs is 2. The summed E-state index contributed by atoms with van der Waals surface area (Å²) in [5, 5.41) is 8.33. The molecule has 2 aromatic rings. The molecule has 1 aromatic heterocycles. The van der Waals surface area contributed by atoms with Crippen molar-refractivity contribution in [2.45, 2.75) is 38.7 Å². The molecule has 2 fully saturated rings. The third-order valence-electron chi connectivity index (χ3n) is 4.18. The van der Waals surface area contributed by atoms with Gasteiger partial charge in [-0.1, -0.05) is 6.07 Å². The number of carbonyl (C=O) groups is 1. The lowest BCUT2D eigenvalue weighted by molar-refractivity contribution is -0.156. The average Bonchev–Trinajstić information content (AvgIpc) is 3.08. The maximum absolute atomic E-state index is 12.0. The van der Waals surface area contributed by atoms with Crippen molar-refractivity contribution in [2.75, 3.05) is 6.61 Å². The second-order valence-electron chi connectivity index (χ2n) is 6.04. The molecule has 23 heavy (non-hydrogen) atoms. The van der Waals surface area contributed by atoms with Crippen LogP contribution in [0.4, 0.5) is 0 Å². The van der Waals surface area contributed by atoms with Gasteiger partial charge in [-0.25, -0.2) is 4.68 Å². The van der Waals surface area contributed by atoms with Crippen molar-refractivity contribution in [3.8, 4) is 5.69 Å². The third kappa shape index (κ3) is 2.43. The van der Waals surface area contributed by atoms with Gasteiger partial charge in [0.1, 0.15) is 6.10 Å². The van der Waals surface area contributed by atoms with E-state index in [9.17, 15) is 4.79 Å². The van der Waals surface area contributed by atoms with Crippen molar-refractivity contribution in [2.24, 2.45) is 0 Å². The van der Waals surface area contributed by atoms with Crippen LogP contribution in [0.5, 0.6) is 0 Å². The van der Waals surface area contributed by atoms with Gasteiger partial charge in [0.05, 0.1) is 18.3 Å². The molecule has 3 heterocycles. The molecule has 2 saturated heterocycles. The number of Topliss-reactive ketones (excluding diaryl/α,β-unsaturated/α-hetero) is 1. The van der Waals surface area contributed by atoms with Crippen molar-refractivity contribution in [3.05, 3.63) is 34.1 Å². The number of carbonyl (C=O) groups excluding carboxylic acids is 1. The maximum Gasteiger partial charge on any atom is 0.221 e. The Morgan fingerprint density at radius 2 is 1.96 bits per heavy atom. The minimum Gasteiger partial charge on any atom is -0.343 e. The Kier molecular flexibility index (Phi) is 3.40. The predicted molar refractivity (Wildman–Crippen MR) is 82.9 cm³/mol. The van der Waals surface area contributed by atoms with E-state index < -0.39 is 6.29 Å². The highest BCUT2D eigenvalue weighted by atomic mass is 32.1. The van der Waals surface area contributed by atoms with Crippen LogP contribution in [0.25, 0.3) is 5.69 Å². The van der Waals surface area contributed by atoms with Crippen LogP contribution in [0, 0.1) is 18.6 Å². The Morgan fingerprint density at radius 1 is 1.22 bits per heavy atom. The molecule has 0 spiro atoms. The van der Waals surface area contributed by atoms with Gasteiger partial charge in [-0.3, -0.25) is 4.79 Å². The van der Waals surface area contributed by atoms with Gasteiger partial charge in [-0.2, -0.15) is 4.68 Å². The minimum atomic E-state index is -0.722. The summed E-state index contributed by atoms with van der Waals surface area (Å²) in [5.74, 6) is -0.0772. The van der Waals surface area contributed by atoms with E-state index >= 15 is 0 Å². The van der Waals surface area contributed by atoms with E-state index in [0.29, 0.717) is 17.8 Å². The molecule has 2 aliphatic rings. The van der Waals surface area contributed by atoms with E-state index in [0.717, 1.165) is 16.8 Å². The highest BCUT2D eigenvalue weighted by Crippen LogP contribution is 2.32. The number of benzene rings is 1. The Morgan fingerprint density at radius 3 is 2.70 bits per heavy atom. The lowest BCUT2D eigenvalue weighted by atomic mass is 10.0. The molecule has 2 aliphatic heterocycles. The summed E-state index contributed by atoms with van der Waals surface area (Å²) in [7, 11) is 0. The van der Waals surface area contributed by atoms with Crippen molar-refractivity contribution in [3.63, 3.8) is 0 Å². The van der Waals surface area contributed by atoms with E-state index in [-0.39, 0.29) is 17.9 Å². The third-order valence-corrected chi connectivity index (χ3v) is 4.54. The molecule has 3 atom stereocenters. The molecule has 2 bridgehead atoms. The van der Waals surface area contributed by atoms with Gasteiger partial charge in [0.15, 0.2) is 5.78 Å². The molecule has 7 nitrogen and oxygen atoms in total. The molecular weight excluding hydrogens is 316 g/mol. The molecule has 8 heteroatoms. The molecule has 0 saturated carbocycles. The van der Waals surface area contributed by atoms with Gasteiger partial charge < -0.3 is 9.47 Å². The fourth-order valence-corrected chi connectivity index (χ4v) is 3.48. The largest absolute Gasteiger partial charge is 0.343 e. The van der Waals surface area contributed by atoms with Crippen LogP contribution in [0.1, 0.15) is 23.6 Å². The van der Waals surface area contributed by atoms with Crippen LogP contribution in [0.2, 0.25) is 0 Å². The smallest absolute Gasteiger partial charge is 0.221 e. The summed E-state index contributed by atoms with van der Waals surface area (Å²) in [4.78, 5) is 12.0. The number of hydrogen-bond donors (Lipinski definition) is 0. The number of hydrogen-bond acceptors (Lipinski definition) is 6. The number of aryl methyl sites for hydroxylation is 2. The number of ketones is 1. The lowest BCUT2D eigenvalue weighted by Gasteiger charge is -2.25. The molecule has 4 rings (SSSR count). The highest BCUT2D eigenvalue weighted by Gasteiger charge is 2.45. The first kappa shape index (κ1) is 14.7. The SMILES string of the molecule is Cc1cc(C)cc(-n2nnn([C@H]3CC(=O)[C@@H]4OC[C@H]3O4)c2=S)c1. The predicted octanol–water partition coefficient (Wildman–Crippen LogP) is 1.67. The molecule has 0 amide bonds. The van der Waals surface area contributed by atoms with Crippen molar-refractivity contribution >= 4 is 18.0 Å². The summed E-state index contributed by atoms with van der Waals surface area (Å²) in [6, 6.07) is 5.81. The number of aromatic nitrogens is 4. The van der Waals surface area contributed by atoms with Gasteiger partial charge in [0.2, 0.25) is 11.1 Å². The Balaban J connectivity index is 1.74. The monoisotopic (exact) mass is 332 g/mol. The van der Waals surface area contributed by atoms with Crippen molar-refractivity contribution in [1.29, 1.82) is 0 Å². The first-order chi connectivity index (χ1) is 11.0. The van der Waals surface area contributed by atoms with Crippen LogP contribution in [0.3, 0.4) is 0 Å². The van der Waals surface area contributed by atoms with E-state index in [1.165, 1.54) is 0 Å². The van der Waals surface area contributed by atoms with Crippen molar-refractivity contribution < 1.29 is 14.3 Å². The topological polar surface area (TPSA) is 71.2 Å². The summed E-state index contributed by atoms with van der Waals surface area (Å²) in [6.07, 6.45) is -0.636. The highest BCUT2D eigenvalue weighted by molar-refractivity contribution is 7.71. The zero-order chi connectivity index (χ0) is 16.1. The van der Waals surface area contributed by atoms with Gasteiger partial charge in [0.25, 0.3) is 0 Å². The maximum atomic E-state index is 12.0. The summed E-state index contributed by atoms with van der Waals surface area (Å²) in [5.41, 5.74) is 3.11. The Bertz CT molecular complexity index is 823. The summed E-state index contributed by atoms with van der Waals surface area (Å²) in [6.45, 7) is 4.42. The van der Waals surface area contributed by atoms with E-state index in [2.05, 4.69) is 16.5 Å². The van der Waals surface area contributed by atoms with E-state index in [1.807, 2.05) is 26.0 Å². The summed E-state index contributed by atoms with van der Waals surface area (Å²) >= 11 is 5.52. The molecule has 0 N–H and O–H groups in total. The first-order valence-electron chi connectivity index (χ1n) is 7.46. The standard InChI is InChI=1S/C15H16N4O3S/c1-8-3-9(2)5-10(4-8)18-15(23)19(17-16-18)11-6-12(20)14-21-7-13(11)22-14/h3-5,11,13-14H,6-7H2,1-2H3/t11-,13+,14+/m0/s1. The molecule has 0 radical (unpaired) electrons. The first-order valence-corrected chi connectivity index (χ1v) is 7.87. The van der Waals surface area contributed by atoms with Crippen LogP contribution in [-0.2, 0) is 14.3 Å². The van der Waals surface area contributed by atoms with Crippen LogP contribution >= 0.6 is 12.2 Å². The second kappa shape index (κ2) is 5.33. The van der Waals surface area contributed by atoms with Gasteiger partial charge in [-0.05, 0) is 59.8 Å². The number of ether oxygens (including phenoxy) is 2. The average molecular weight is 332 g/mol. The zero-order valence-corrected chi connectivity index (χ0v) is 13.6. The fraction of sp³-hybridized carbons (Fsp3) is 0.467. The number of rotatable bonds is 2. The van der Waals surface area contributed by atoms with E-state index in [4.69, 9.17) is 21.7 Å². The molecule has 120 valence electrons. The van der Waals surface area contributed by atoms with E-state index in [1.54, 1.807) is 9.36 Å². The van der Waals surface area contributed by atoms with Crippen LogP contribution in [-0.4, -0.2) is 44.6 Å². The normalized spacial score (nSPS) is 26.7. The quantitative estimate of drug-likeness (QED) is 0.779. The molecule has 1 aromatic carbocycles. The second-order valence-corrected chi connectivity index (χ2v) is 6.41. The van der Waals surface area contributed by atoms with Crippen LogP contribution < -0.4 is 0 Å². The number of tetrazole rings is 1. The van der Waals surface area contributed by atoms with Gasteiger partial charge in [0, 0.05) is 6.42 Å². The van der Waals surface area contributed by atoms with Gasteiger partial charge in [-0.15, -0.1) is 0 Å². The molecule has 0 unspecified atom stereocenters. The van der Waals surface area contributed by atoms with Gasteiger partial charge >= 0.3 is 0 Å². The summed E-state index contributed by atoms with van der Waals surface area (Å²) < 4.78 is 14.6. The molecule has 0 aliphatic carbocycles. The van der Waals surface area contributed by atoms with Crippen LogP contribution in [0.15, 0.2) is 18.2 Å².